The maximum absolute atomic E-state index is 12.4. The number of aliphatic imine (C=N–C) groups is 1. The first-order valence-corrected chi connectivity index (χ1v) is 9.09. The second-order valence-electron chi connectivity index (χ2n) is 5.90. The van der Waals surface area contributed by atoms with Gasteiger partial charge in [-0.05, 0) is 61.5 Å². The third kappa shape index (κ3) is 2.69. The lowest BCUT2D eigenvalue weighted by Gasteiger charge is -2.20. The average Bonchev–Trinajstić information content (AvgIpc) is 3.16. The molecule has 1 aromatic heterocycles. The van der Waals surface area contributed by atoms with Crippen LogP contribution in [0.3, 0.4) is 0 Å². The molecule has 1 aromatic carbocycles. The summed E-state index contributed by atoms with van der Waals surface area (Å²) in [7, 11) is 0. The van der Waals surface area contributed by atoms with E-state index < -0.39 is 5.91 Å². The molecule has 0 bridgehead atoms. The quantitative estimate of drug-likeness (QED) is 0.796. The van der Waals surface area contributed by atoms with Gasteiger partial charge < -0.3 is 4.57 Å². The number of carbonyl (C=O) groups excluding carboxylic acids is 1. The van der Waals surface area contributed by atoms with Crippen molar-refractivity contribution in [1.82, 2.24) is 9.58 Å². The predicted octanol–water partition coefficient (Wildman–Crippen LogP) is 4.00. The van der Waals surface area contributed by atoms with Gasteiger partial charge in [-0.15, -0.1) is 0 Å². The van der Waals surface area contributed by atoms with Crippen LogP contribution in [-0.4, -0.2) is 32.0 Å². The Morgan fingerprint density at radius 1 is 1.27 bits per heavy atom. The number of aryl methyl sites for hydroxylation is 1. The van der Waals surface area contributed by atoms with Crippen LogP contribution in [0.5, 0.6) is 0 Å². The molecule has 1 N–H and O–H groups in total. The normalized spacial score (nSPS) is 17.9. The minimum absolute atomic E-state index is 0.0359. The number of amides is 1. The van der Waals surface area contributed by atoms with Crippen molar-refractivity contribution in [2.45, 2.75) is 13.8 Å². The molecule has 0 radical (unpaired) electrons. The van der Waals surface area contributed by atoms with Gasteiger partial charge in [0.25, 0.3) is 5.91 Å². The fourth-order valence-corrected chi connectivity index (χ4v) is 3.83. The molecule has 6 nitrogen and oxygen atoms in total. The molecule has 2 aliphatic rings. The zero-order valence-electron chi connectivity index (χ0n) is 14.0. The van der Waals surface area contributed by atoms with Crippen molar-refractivity contribution in [3.05, 3.63) is 57.9 Å². The van der Waals surface area contributed by atoms with Gasteiger partial charge in [0, 0.05) is 22.1 Å². The summed E-state index contributed by atoms with van der Waals surface area (Å²) in [6, 6.07) is 9.57. The van der Waals surface area contributed by atoms with Gasteiger partial charge in [0.2, 0.25) is 0 Å². The van der Waals surface area contributed by atoms with Crippen LogP contribution >= 0.6 is 23.4 Å². The van der Waals surface area contributed by atoms with Crippen LogP contribution in [0.2, 0.25) is 5.02 Å². The van der Waals surface area contributed by atoms with Crippen molar-refractivity contribution >= 4 is 51.9 Å². The summed E-state index contributed by atoms with van der Waals surface area (Å²) in [6.45, 7) is 3.96. The summed E-state index contributed by atoms with van der Waals surface area (Å²) in [5, 5.41) is 14.8. The van der Waals surface area contributed by atoms with Gasteiger partial charge in [0.05, 0.1) is 11.1 Å². The number of nitrogens with zero attached hydrogens (tertiary/aromatic N) is 4. The van der Waals surface area contributed by atoms with Gasteiger partial charge in [-0.25, -0.2) is 0 Å². The maximum atomic E-state index is 12.4. The number of thioether (sulfide) groups is 1. The van der Waals surface area contributed by atoms with Gasteiger partial charge in [-0.1, -0.05) is 17.7 Å². The van der Waals surface area contributed by atoms with E-state index in [4.69, 9.17) is 17.0 Å². The van der Waals surface area contributed by atoms with Gasteiger partial charge >= 0.3 is 0 Å². The largest absolute Gasteiger partial charge is 0.318 e. The average molecular weight is 384 g/mol. The van der Waals surface area contributed by atoms with Crippen LogP contribution in [0.25, 0.3) is 11.8 Å². The number of halogens is 1. The molecule has 26 heavy (non-hydrogen) atoms. The summed E-state index contributed by atoms with van der Waals surface area (Å²) in [5.74, 6) is -0.388. The Balaban J connectivity index is 1.79. The highest BCUT2D eigenvalue weighted by Gasteiger charge is 2.32. The topological polar surface area (TPSA) is 73.8 Å². The van der Waals surface area contributed by atoms with Gasteiger partial charge in [0.1, 0.15) is 0 Å². The highest BCUT2D eigenvalue weighted by Crippen LogP contribution is 2.28. The standard InChI is InChI=1S/C18H14ClN5OS/c1-10-6-12(11(2)23(10)14-5-3-4-13(19)8-14)7-15-16(20)24-18(22-17(15)25)26-9-21-24/h3-9,20H,1-2H3. The fourth-order valence-electron chi connectivity index (χ4n) is 3.04. The zero-order valence-corrected chi connectivity index (χ0v) is 15.6. The number of nitrogens with one attached hydrogen (secondary N) is 1. The van der Waals surface area contributed by atoms with Crippen LogP contribution < -0.4 is 0 Å². The van der Waals surface area contributed by atoms with Crippen molar-refractivity contribution in [2.24, 2.45) is 10.1 Å². The van der Waals surface area contributed by atoms with Crippen molar-refractivity contribution in [3.63, 3.8) is 0 Å². The molecule has 0 atom stereocenters. The van der Waals surface area contributed by atoms with Crippen molar-refractivity contribution in [2.75, 3.05) is 0 Å². The number of carbonyl (C=O) groups is 1. The number of hydrazone groups is 1. The van der Waals surface area contributed by atoms with Crippen LogP contribution in [0.1, 0.15) is 17.0 Å². The molecule has 2 aromatic rings. The second kappa shape index (κ2) is 6.26. The molecule has 0 aliphatic carbocycles. The van der Waals surface area contributed by atoms with Crippen LogP contribution in [0.15, 0.2) is 46.0 Å². The Morgan fingerprint density at radius 2 is 2.08 bits per heavy atom. The Hall–Kier alpha value is -2.64. The lowest BCUT2D eigenvalue weighted by Crippen LogP contribution is -2.35. The summed E-state index contributed by atoms with van der Waals surface area (Å²) in [4.78, 5) is 16.4. The van der Waals surface area contributed by atoms with Crippen LogP contribution in [0.4, 0.5) is 0 Å². The highest BCUT2D eigenvalue weighted by atomic mass is 35.5. The number of amidine groups is 2. The van der Waals surface area contributed by atoms with Gasteiger partial charge in [-0.2, -0.15) is 15.1 Å². The molecule has 0 saturated carbocycles. The number of hydrogen-bond donors (Lipinski definition) is 1. The van der Waals surface area contributed by atoms with E-state index in [0.717, 1.165) is 22.6 Å². The van der Waals surface area contributed by atoms with E-state index in [1.54, 1.807) is 11.6 Å². The fraction of sp³-hybridized carbons (Fsp3) is 0.111. The van der Waals surface area contributed by atoms with Crippen molar-refractivity contribution < 1.29 is 4.79 Å². The SMILES string of the molecule is Cc1cc(C=C2C(=N)N3N=CSC3=NC2=O)c(C)n1-c1cccc(Cl)c1. The molecular weight excluding hydrogens is 370 g/mol. The molecule has 0 saturated heterocycles. The molecule has 4 rings (SSSR count). The Kier molecular flexibility index (Phi) is 4.05. The molecule has 2 aliphatic heterocycles. The molecule has 3 heterocycles. The lowest BCUT2D eigenvalue weighted by atomic mass is 10.1. The molecule has 130 valence electrons. The molecule has 0 unspecified atom stereocenters. The minimum Gasteiger partial charge on any atom is -0.318 e. The minimum atomic E-state index is -0.424. The van der Waals surface area contributed by atoms with E-state index in [1.807, 2.05) is 44.2 Å². The zero-order chi connectivity index (χ0) is 18.4. The van der Waals surface area contributed by atoms with Crippen LogP contribution in [0, 0.1) is 19.3 Å². The van der Waals surface area contributed by atoms with Gasteiger partial charge in [-0.3, -0.25) is 10.2 Å². The molecular formula is C18H14ClN5OS. The van der Waals surface area contributed by atoms with E-state index in [2.05, 4.69) is 14.7 Å². The number of rotatable bonds is 2. The maximum Gasteiger partial charge on any atom is 0.283 e. The lowest BCUT2D eigenvalue weighted by molar-refractivity contribution is -0.114. The monoisotopic (exact) mass is 383 g/mol. The molecule has 0 fully saturated rings. The first-order valence-electron chi connectivity index (χ1n) is 7.83. The predicted molar refractivity (Wildman–Crippen MR) is 106 cm³/mol. The highest BCUT2D eigenvalue weighted by molar-refractivity contribution is 8.25. The van der Waals surface area contributed by atoms with Gasteiger partial charge in [0.15, 0.2) is 11.0 Å². The van der Waals surface area contributed by atoms with E-state index in [9.17, 15) is 4.79 Å². The molecule has 8 heteroatoms. The Morgan fingerprint density at radius 3 is 2.85 bits per heavy atom. The van der Waals surface area contributed by atoms with E-state index in [0.29, 0.717) is 10.2 Å². The van der Waals surface area contributed by atoms with E-state index in [-0.39, 0.29) is 11.4 Å². The third-order valence-corrected chi connectivity index (χ3v) is 5.14. The summed E-state index contributed by atoms with van der Waals surface area (Å²) in [6.07, 6.45) is 1.70. The third-order valence-electron chi connectivity index (χ3n) is 4.23. The number of benzene rings is 1. The Bertz CT molecular complexity index is 1050. The smallest absolute Gasteiger partial charge is 0.283 e. The summed E-state index contributed by atoms with van der Waals surface area (Å²) >= 11 is 7.35. The van der Waals surface area contributed by atoms with E-state index in [1.165, 1.54) is 16.8 Å². The number of hydrogen-bond acceptors (Lipinski definition) is 4. The first-order chi connectivity index (χ1) is 12.5. The van der Waals surface area contributed by atoms with Crippen molar-refractivity contribution in [1.29, 1.82) is 5.41 Å². The summed E-state index contributed by atoms with van der Waals surface area (Å²) in [5.41, 5.74) is 5.54. The van der Waals surface area contributed by atoms with E-state index >= 15 is 0 Å². The first kappa shape index (κ1) is 16.8. The molecule has 1 amide bonds. The number of fused-ring (bicyclic) bond motifs is 1. The summed E-state index contributed by atoms with van der Waals surface area (Å²) < 4.78 is 2.06. The van der Waals surface area contributed by atoms with Crippen LogP contribution in [-0.2, 0) is 4.79 Å². The molecule has 0 spiro atoms. The van der Waals surface area contributed by atoms with Crippen molar-refractivity contribution in [3.8, 4) is 5.69 Å². The second-order valence-corrected chi connectivity index (χ2v) is 7.15. The Labute approximate surface area is 159 Å². The number of aromatic nitrogens is 1.